The van der Waals surface area contributed by atoms with E-state index in [1.165, 1.54) is 81.8 Å². The molecule has 24 heteroatoms. The number of aliphatic hydroxyl groups excluding tert-OH is 1. The van der Waals surface area contributed by atoms with Crippen LogP contribution in [-0.2, 0) is 36.7 Å². The molecule has 0 aliphatic heterocycles. The van der Waals surface area contributed by atoms with Crippen LogP contribution in [-0.4, -0.2) is 106 Å². The molecule has 0 aliphatic carbocycles. The van der Waals surface area contributed by atoms with Crippen LogP contribution in [0.5, 0.6) is 0 Å². The first-order valence-corrected chi connectivity index (χ1v) is 27.3. The second-order valence-corrected chi connectivity index (χ2v) is 23.3. The summed E-state index contributed by atoms with van der Waals surface area (Å²) < 4.78 is 113. The molecule has 0 spiro atoms. The highest BCUT2D eigenvalue weighted by Crippen LogP contribution is 2.33. The second-order valence-electron chi connectivity index (χ2n) is 17.2. The molecule has 0 saturated carbocycles. The van der Waals surface area contributed by atoms with Gasteiger partial charge in [0.15, 0.2) is 6.29 Å². The van der Waals surface area contributed by atoms with E-state index in [1.54, 1.807) is 12.1 Å². The molecule has 3 aromatic carbocycles. The Kier molecular flexibility index (Phi) is 20.9. The molecular weight excluding hydrogens is 1110 g/mol. The average molecular weight is 1170 g/mol. The fraction of sp³-hybridized carbons (Fsp3) is 0.354. The molecule has 6 rings (SSSR count). The molecule has 0 saturated heterocycles. The lowest BCUT2D eigenvalue weighted by Gasteiger charge is -2.20. The maximum Gasteiger partial charge on any atom is 0.239 e. The van der Waals surface area contributed by atoms with Crippen LogP contribution < -0.4 is 12.9 Å². The van der Waals surface area contributed by atoms with Crippen molar-refractivity contribution in [2.75, 3.05) is 52.8 Å². The Morgan fingerprint density at radius 2 is 0.792 bits per heavy atom. The van der Waals surface area contributed by atoms with Crippen LogP contribution in [0.25, 0.3) is 33.8 Å². The number of sulfonamides is 3. The van der Waals surface area contributed by atoms with E-state index in [-0.39, 0.29) is 83.3 Å². The van der Waals surface area contributed by atoms with Crippen LogP contribution in [0.3, 0.4) is 0 Å². The first-order valence-electron chi connectivity index (χ1n) is 21.8. The molecule has 0 fully saturated rings. The molecule has 390 valence electrons. The lowest BCUT2D eigenvalue weighted by atomic mass is 9.99. The van der Waals surface area contributed by atoms with E-state index < -0.39 is 41.7 Å². The predicted octanol–water partition coefficient (Wildman–Crippen LogP) is 8.64. The van der Waals surface area contributed by atoms with Crippen molar-refractivity contribution in [3.05, 3.63) is 124 Å². The zero-order valence-corrected chi connectivity index (χ0v) is 46.8. The minimum absolute atomic E-state index is 0. The van der Waals surface area contributed by atoms with Gasteiger partial charge in [-0.3, -0.25) is 4.79 Å². The summed E-state index contributed by atoms with van der Waals surface area (Å²) in [6, 6.07) is 17.1. The highest BCUT2D eigenvalue weighted by atomic mass is 127. The van der Waals surface area contributed by atoms with Gasteiger partial charge in [0.25, 0.3) is 0 Å². The number of benzene rings is 3. The summed E-state index contributed by atoms with van der Waals surface area (Å²) in [4.78, 5) is 37.5. The average Bonchev–Trinajstić information content (AvgIpc) is 3.30. The van der Waals surface area contributed by atoms with Gasteiger partial charge in [0, 0.05) is 43.4 Å². The Morgan fingerprint density at radius 1 is 0.500 bits per heavy atom. The normalized spacial score (nSPS) is 11.6. The lowest BCUT2D eigenvalue weighted by Crippen LogP contribution is -2.27. The minimum atomic E-state index is -3.56. The molecule has 17 nitrogen and oxygen atoms in total. The van der Waals surface area contributed by atoms with E-state index >= 15 is 0 Å². The summed E-state index contributed by atoms with van der Waals surface area (Å²) in [7, 11) is -6.45. The number of rotatable bonds is 14. The molecule has 0 amide bonds. The van der Waals surface area contributed by atoms with Crippen molar-refractivity contribution in [3.63, 3.8) is 0 Å². The third-order valence-electron chi connectivity index (χ3n) is 10.8. The molecule has 1 N–H and O–H groups in total. The molecule has 0 radical (unpaired) electrons. The molecule has 0 unspecified atom stereocenters. The predicted molar refractivity (Wildman–Crippen MR) is 286 cm³/mol. The van der Waals surface area contributed by atoms with Crippen LogP contribution in [0, 0.1) is 24.4 Å². The van der Waals surface area contributed by atoms with E-state index in [9.17, 15) is 48.3 Å². The summed E-state index contributed by atoms with van der Waals surface area (Å²) in [6.07, 6.45) is 3.83. The third-order valence-corrected chi connectivity index (χ3v) is 14.2. The molecule has 0 bridgehead atoms. The van der Waals surface area contributed by atoms with Crippen LogP contribution in [0.4, 0.5) is 31.0 Å². The Labute approximate surface area is 437 Å². The van der Waals surface area contributed by atoms with Crippen LogP contribution in [0.1, 0.15) is 97.9 Å². The third kappa shape index (κ3) is 15.2. The zero-order valence-electron chi connectivity index (χ0n) is 42.0. The number of aldehydes is 1. The first kappa shape index (κ1) is 60.6. The number of carbonyl (C=O) groups excluding carboxylic acids is 1. The maximum atomic E-state index is 13.2. The van der Waals surface area contributed by atoms with Gasteiger partial charge in [-0.2, -0.15) is 0 Å². The molecule has 3 heterocycles. The summed E-state index contributed by atoms with van der Waals surface area (Å²) >= 11 is 0. The largest absolute Gasteiger partial charge is 0.392 e. The zero-order chi connectivity index (χ0) is 53.5. The summed E-state index contributed by atoms with van der Waals surface area (Å²) in [6.45, 7) is 13.0. The molecular formula is C48H59F3IN9O8S3. The van der Waals surface area contributed by atoms with Gasteiger partial charge in [-0.1, -0.05) is 41.5 Å². The summed E-state index contributed by atoms with van der Waals surface area (Å²) in [5, 5.41) is 9.77. The van der Waals surface area contributed by atoms with Gasteiger partial charge in [0.05, 0.1) is 65.1 Å². The summed E-state index contributed by atoms with van der Waals surface area (Å²) in [5.41, 5.74) is 6.45. The topological polar surface area (TPSA) is 227 Å². The molecule has 3 aromatic heterocycles. The minimum Gasteiger partial charge on any atom is -0.392 e. The SMILES string of the molecule is CC(C)c1nc(N(C)S(C)(=O)=O)nc(-c2ccc(F)cc2)c1C=O.CC(C)c1nc(N(C)S(C)(=O)=O)nc(-c2ccc(F)cc2)c1CO.Cc1c(-c2ccc(F)cc2)nc(N(C)S(C)(=O)=O)nc1C(C)C.I. The fourth-order valence-electron chi connectivity index (χ4n) is 6.67. The summed E-state index contributed by atoms with van der Waals surface area (Å²) in [5.74, 6) is -1.14. The van der Waals surface area contributed by atoms with E-state index in [1.807, 2.05) is 48.5 Å². The van der Waals surface area contributed by atoms with Gasteiger partial charge in [0.2, 0.25) is 47.9 Å². The Morgan fingerprint density at radius 3 is 1.11 bits per heavy atom. The van der Waals surface area contributed by atoms with Gasteiger partial charge in [-0.05, 0) is 103 Å². The van der Waals surface area contributed by atoms with Crippen molar-refractivity contribution in [1.82, 2.24) is 29.9 Å². The van der Waals surface area contributed by atoms with E-state index in [0.29, 0.717) is 45.8 Å². The van der Waals surface area contributed by atoms with Gasteiger partial charge >= 0.3 is 0 Å². The van der Waals surface area contributed by atoms with E-state index in [0.717, 1.165) is 48.5 Å². The number of aromatic nitrogens is 6. The first-order chi connectivity index (χ1) is 32.9. The monoisotopic (exact) mass is 1170 g/mol. The lowest BCUT2D eigenvalue weighted by molar-refractivity contribution is 0.112. The van der Waals surface area contributed by atoms with Crippen molar-refractivity contribution in [2.24, 2.45) is 0 Å². The number of hydrogen-bond acceptors (Lipinski definition) is 14. The van der Waals surface area contributed by atoms with E-state index in [4.69, 9.17) is 0 Å². The number of aliphatic hydroxyl groups is 1. The molecule has 0 aliphatic rings. The van der Waals surface area contributed by atoms with Crippen molar-refractivity contribution in [2.45, 2.75) is 72.8 Å². The maximum absolute atomic E-state index is 13.2. The second kappa shape index (κ2) is 24.8. The van der Waals surface area contributed by atoms with Crippen molar-refractivity contribution in [1.29, 1.82) is 0 Å². The number of anilines is 3. The van der Waals surface area contributed by atoms with Crippen LogP contribution in [0.2, 0.25) is 0 Å². The van der Waals surface area contributed by atoms with Gasteiger partial charge < -0.3 is 5.11 Å². The molecule has 0 atom stereocenters. The number of carbonyl (C=O) groups is 1. The molecule has 72 heavy (non-hydrogen) atoms. The van der Waals surface area contributed by atoms with Gasteiger partial charge in [-0.25, -0.2) is 81.2 Å². The number of hydrogen-bond donors (Lipinski definition) is 1. The number of nitrogens with zero attached hydrogens (tertiary/aromatic N) is 9. The highest BCUT2D eigenvalue weighted by Gasteiger charge is 2.25. The van der Waals surface area contributed by atoms with Crippen molar-refractivity contribution in [3.8, 4) is 33.8 Å². The smallest absolute Gasteiger partial charge is 0.239 e. The Hall–Kier alpha value is -5.70. The van der Waals surface area contributed by atoms with Gasteiger partial charge in [-0.15, -0.1) is 24.0 Å². The fourth-order valence-corrected chi connectivity index (χ4v) is 7.80. The number of halogens is 4. The van der Waals surface area contributed by atoms with Crippen LogP contribution in [0.15, 0.2) is 72.8 Å². The highest BCUT2D eigenvalue weighted by molar-refractivity contribution is 14.0. The standard InChI is InChI=1S/C16H20FN3O3S.C16H18FN3O3S.C16H20FN3O2S.HI/c2*1-10(2)14-13(9-21)15(11-5-7-12(17)8-6-11)19-16(18-14)20(3)24(4,22)23;1-10(2)14-11(3)15(12-6-8-13(17)9-7-12)19-16(18-14)20(4)23(5,21)22;/h5-8,10,21H,9H2,1-4H3;5-10H,1-4H3;6-10H,1-5H3;1H. The Balaban J connectivity index is 0.000000283. The van der Waals surface area contributed by atoms with E-state index in [2.05, 4.69) is 29.9 Å². The quantitative estimate of drug-likeness (QED) is 0.0796. The Bertz CT molecular complexity index is 3210. The van der Waals surface area contributed by atoms with Crippen LogP contribution >= 0.6 is 24.0 Å². The van der Waals surface area contributed by atoms with Crippen molar-refractivity contribution < 1.29 is 48.3 Å². The van der Waals surface area contributed by atoms with Crippen molar-refractivity contribution >= 4 is 78.2 Å². The molecule has 6 aromatic rings. The van der Waals surface area contributed by atoms with Gasteiger partial charge in [0.1, 0.15) is 17.5 Å².